The summed E-state index contributed by atoms with van der Waals surface area (Å²) in [5.41, 5.74) is 12.0. The normalized spacial score (nSPS) is 11.3. The molecule has 1 aromatic heterocycles. The van der Waals surface area contributed by atoms with Crippen molar-refractivity contribution in [3.63, 3.8) is 0 Å². The zero-order valence-electron chi connectivity index (χ0n) is 32.7. The minimum atomic E-state index is 0.622. The first-order valence-electron chi connectivity index (χ1n) is 20.3. The number of aromatic nitrogens is 3. The molecule has 0 aliphatic rings. The van der Waals surface area contributed by atoms with E-state index in [4.69, 9.17) is 15.0 Å². The van der Waals surface area contributed by atoms with Crippen LogP contribution in [0.15, 0.2) is 224 Å². The third kappa shape index (κ3) is 6.49. The van der Waals surface area contributed by atoms with Crippen LogP contribution in [0.3, 0.4) is 0 Å². The van der Waals surface area contributed by atoms with Crippen LogP contribution < -0.4 is 0 Å². The monoisotopic (exact) mass is 763 g/mol. The van der Waals surface area contributed by atoms with E-state index in [0.717, 1.165) is 38.9 Å². The predicted octanol–water partition coefficient (Wildman–Crippen LogP) is 15.0. The number of fused-ring (bicyclic) bond motifs is 4. The van der Waals surface area contributed by atoms with Crippen LogP contribution in [0.25, 0.3) is 111 Å². The van der Waals surface area contributed by atoms with Crippen LogP contribution in [0.1, 0.15) is 0 Å². The van der Waals surface area contributed by atoms with Crippen LogP contribution in [-0.4, -0.2) is 15.0 Å². The van der Waals surface area contributed by atoms with Crippen molar-refractivity contribution < 1.29 is 0 Å². The second kappa shape index (κ2) is 15.1. The fourth-order valence-electron chi connectivity index (χ4n) is 8.52. The van der Waals surface area contributed by atoms with Gasteiger partial charge in [-0.15, -0.1) is 0 Å². The second-order valence-electron chi connectivity index (χ2n) is 15.2. The van der Waals surface area contributed by atoms with Gasteiger partial charge in [-0.3, -0.25) is 0 Å². The quantitative estimate of drug-likeness (QED) is 0.120. The average Bonchev–Trinajstić information content (AvgIpc) is 3.34. The van der Waals surface area contributed by atoms with Crippen LogP contribution in [0.2, 0.25) is 0 Å². The predicted molar refractivity (Wildman–Crippen MR) is 250 cm³/mol. The van der Waals surface area contributed by atoms with E-state index in [-0.39, 0.29) is 0 Å². The summed E-state index contributed by atoms with van der Waals surface area (Å²) < 4.78 is 0. The van der Waals surface area contributed by atoms with Gasteiger partial charge in [-0.1, -0.05) is 218 Å². The van der Waals surface area contributed by atoms with E-state index in [1.165, 1.54) is 54.6 Å². The Morgan fingerprint density at radius 1 is 0.217 bits per heavy atom. The number of rotatable bonds is 7. The van der Waals surface area contributed by atoms with Crippen LogP contribution >= 0.6 is 0 Å². The largest absolute Gasteiger partial charge is 0.208 e. The van der Waals surface area contributed by atoms with Crippen LogP contribution in [0.4, 0.5) is 0 Å². The Balaban J connectivity index is 1.04. The van der Waals surface area contributed by atoms with Gasteiger partial charge in [-0.05, 0) is 82.9 Å². The Morgan fingerprint density at radius 3 is 1.27 bits per heavy atom. The average molecular weight is 764 g/mol. The summed E-state index contributed by atoms with van der Waals surface area (Å²) >= 11 is 0. The molecule has 0 unspecified atom stereocenters. The molecular weight excluding hydrogens is 727 g/mol. The standard InChI is InChI=1S/C57H37N3/c1-3-13-38(14-4-1)40-23-27-43(28-24-40)48-19-11-12-22-52(48)57-59-55(45-31-25-41(26-32-45)39-15-5-2-6-16-39)58-56(60-57)46-33-29-44(30-34-46)54-50-21-10-8-18-47(50)37-53-49-20-9-7-17-42(49)35-36-51(53)54/h1-37H. The van der Waals surface area contributed by atoms with Gasteiger partial charge in [-0.25, -0.2) is 15.0 Å². The first-order chi connectivity index (χ1) is 29.7. The zero-order chi connectivity index (χ0) is 39.8. The van der Waals surface area contributed by atoms with Crippen LogP contribution in [0.5, 0.6) is 0 Å². The van der Waals surface area contributed by atoms with Crippen LogP contribution in [-0.2, 0) is 0 Å². The molecule has 3 heteroatoms. The Labute approximate surface area is 349 Å². The summed E-state index contributed by atoms with van der Waals surface area (Å²) in [6.45, 7) is 0. The lowest BCUT2D eigenvalue weighted by Gasteiger charge is -2.15. The van der Waals surface area contributed by atoms with E-state index >= 15 is 0 Å². The molecule has 0 aliphatic heterocycles. The molecular formula is C57H37N3. The Hall–Kier alpha value is -8.01. The lowest BCUT2D eigenvalue weighted by Crippen LogP contribution is -2.01. The van der Waals surface area contributed by atoms with E-state index in [2.05, 4.69) is 212 Å². The minimum absolute atomic E-state index is 0.622. The van der Waals surface area contributed by atoms with Crippen molar-refractivity contribution in [2.45, 2.75) is 0 Å². The summed E-state index contributed by atoms with van der Waals surface area (Å²) in [5, 5.41) is 7.43. The number of hydrogen-bond donors (Lipinski definition) is 0. The number of benzene rings is 10. The van der Waals surface area contributed by atoms with Gasteiger partial charge in [-0.2, -0.15) is 0 Å². The molecule has 0 spiro atoms. The lowest BCUT2D eigenvalue weighted by molar-refractivity contribution is 1.07. The Bertz CT molecular complexity index is 3320. The summed E-state index contributed by atoms with van der Waals surface area (Å²) in [7, 11) is 0. The SMILES string of the molecule is c1ccc(-c2ccc(-c3nc(-c4ccc(-c5c6ccccc6cc6c5ccc5ccccc56)cc4)nc(-c4ccccc4-c4ccc(-c5ccccc5)cc4)n3)cc2)cc1. The first kappa shape index (κ1) is 35.2. The molecule has 1 heterocycles. The molecule has 0 amide bonds. The molecule has 0 saturated carbocycles. The molecule has 10 aromatic carbocycles. The van der Waals surface area contributed by atoms with Crippen molar-refractivity contribution in [2.24, 2.45) is 0 Å². The zero-order valence-corrected chi connectivity index (χ0v) is 32.7. The molecule has 280 valence electrons. The lowest BCUT2D eigenvalue weighted by atomic mass is 9.89. The molecule has 0 aliphatic carbocycles. The molecule has 0 N–H and O–H groups in total. The summed E-state index contributed by atoms with van der Waals surface area (Å²) in [5.74, 6) is 1.87. The molecule has 0 fully saturated rings. The van der Waals surface area contributed by atoms with E-state index in [9.17, 15) is 0 Å². The number of hydrogen-bond acceptors (Lipinski definition) is 3. The van der Waals surface area contributed by atoms with Crippen molar-refractivity contribution in [1.82, 2.24) is 15.0 Å². The highest BCUT2D eigenvalue weighted by Gasteiger charge is 2.17. The van der Waals surface area contributed by atoms with Crippen molar-refractivity contribution in [2.75, 3.05) is 0 Å². The Morgan fingerprint density at radius 2 is 0.650 bits per heavy atom. The van der Waals surface area contributed by atoms with E-state index in [1.807, 2.05) is 12.1 Å². The molecule has 0 radical (unpaired) electrons. The molecule has 0 atom stereocenters. The highest BCUT2D eigenvalue weighted by Crippen LogP contribution is 2.40. The van der Waals surface area contributed by atoms with E-state index in [0.29, 0.717) is 17.5 Å². The van der Waals surface area contributed by atoms with Gasteiger partial charge in [0.1, 0.15) is 0 Å². The molecule has 11 rings (SSSR count). The highest BCUT2D eigenvalue weighted by molar-refractivity contribution is 6.20. The molecule has 0 saturated heterocycles. The minimum Gasteiger partial charge on any atom is -0.208 e. The van der Waals surface area contributed by atoms with Crippen molar-refractivity contribution in [3.8, 4) is 78.7 Å². The summed E-state index contributed by atoms with van der Waals surface area (Å²) in [4.78, 5) is 15.6. The highest BCUT2D eigenvalue weighted by atomic mass is 15.0. The fraction of sp³-hybridized carbons (Fsp3) is 0. The topological polar surface area (TPSA) is 38.7 Å². The van der Waals surface area contributed by atoms with Gasteiger partial charge < -0.3 is 0 Å². The van der Waals surface area contributed by atoms with E-state index < -0.39 is 0 Å². The molecule has 60 heavy (non-hydrogen) atoms. The van der Waals surface area contributed by atoms with Gasteiger partial charge >= 0.3 is 0 Å². The van der Waals surface area contributed by atoms with Gasteiger partial charge in [0.2, 0.25) is 0 Å². The van der Waals surface area contributed by atoms with Gasteiger partial charge in [0.15, 0.2) is 17.5 Å². The number of nitrogens with zero attached hydrogens (tertiary/aromatic N) is 3. The second-order valence-corrected chi connectivity index (χ2v) is 15.2. The van der Waals surface area contributed by atoms with Crippen LogP contribution in [0, 0.1) is 0 Å². The van der Waals surface area contributed by atoms with Gasteiger partial charge in [0.05, 0.1) is 0 Å². The summed E-state index contributed by atoms with van der Waals surface area (Å²) in [6, 6.07) is 79.5. The Kier molecular flexibility index (Phi) is 8.83. The first-order valence-corrected chi connectivity index (χ1v) is 20.3. The molecule has 11 aromatic rings. The third-order valence-electron chi connectivity index (χ3n) is 11.6. The van der Waals surface area contributed by atoms with Crippen molar-refractivity contribution >= 4 is 32.3 Å². The molecule has 3 nitrogen and oxygen atoms in total. The summed E-state index contributed by atoms with van der Waals surface area (Å²) in [6.07, 6.45) is 0. The maximum absolute atomic E-state index is 5.23. The smallest absolute Gasteiger partial charge is 0.164 e. The van der Waals surface area contributed by atoms with Crippen molar-refractivity contribution in [1.29, 1.82) is 0 Å². The van der Waals surface area contributed by atoms with E-state index in [1.54, 1.807) is 0 Å². The van der Waals surface area contributed by atoms with Gasteiger partial charge in [0.25, 0.3) is 0 Å². The third-order valence-corrected chi connectivity index (χ3v) is 11.6. The van der Waals surface area contributed by atoms with Crippen molar-refractivity contribution in [3.05, 3.63) is 224 Å². The maximum atomic E-state index is 5.23. The maximum Gasteiger partial charge on any atom is 0.164 e. The fourth-order valence-corrected chi connectivity index (χ4v) is 8.52. The molecule has 0 bridgehead atoms. The van der Waals surface area contributed by atoms with Gasteiger partial charge in [0, 0.05) is 16.7 Å².